The van der Waals surface area contributed by atoms with Crippen molar-refractivity contribution in [2.45, 2.75) is 26.4 Å². The van der Waals surface area contributed by atoms with Gasteiger partial charge in [-0.2, -0.15) is 0 Å². The third-order valence-electron chi connectivity index (χ3n) is 4.59. The number of aliphatic imine (C=N–C) groups is 1. The Morgan fingerprint density at radius 2 is 1.59 bits per heavy atom. The van der Waals surface area contributed by atoms with Crippen LogP contribution in [0.5, 0.6) is 0 Å². The summed E-state index contributed by atoms with van der Waals surface area (Å²) in [5, 5.41) is 6.68. The minimum atomic E-state index is 0.0121. The smallest absolute Gasteiger partial charge is 0.250 e. The van der Waals surface area contributed by atoms with Gasteiger partial charge in [-0.25, -0.2) is 4.99 Å². The Morgan fingerprint density at radius 3 is 2.31 bits per heavy atom. The van der Waals surface area contributed by atoms with Crippen molar-refractivity contribution < 1.29 is 0 Å². The van der Waals surface area contributed by atoms with Gasteiger partial charge in [-0.1, -0.05) is 60.7 Å². The number of aromatic nitrogens is 1. The highest BCUT2D eigenvalue weighted by molar-refractivity contribution is 5.79. The average Bonchev–Trinajstić information content (AvgIpc) is 2.75. The van der Waals surface area contributed by atoms with E-state index in [0.717, 1.165) is 36.6 Å². The lowest BCUT2D eigenvalue weighted by Crippen LogP contribution is -2.38. The predicted molar refractivity (Wildman–Crippen MR) is 119 cm³/mol. The third kappa shape index (κ3) is 6.64. The lowest BCUT2D eigenvalue weighted by atomic mass is 10.1. The predicted octanol–water partition coefficient (Wildman–Crippen LogP) is 3.19. The molecule has 0 fully saturated rings. The van der Waals surface area contributed by atoms with Crippen molar-refractivity contribution in [2.24, 2.45) is 4.99 Å². The minimum absolute atomic E-state index is 0.0121. The summed E-state index contributed by atoms with van der Waals surface area (Å²) < 4.78 is 1.70. The lowest BCUT2D eigenvalue weighted by Gasteiger charge is -2.11. The first-order chi connectivity index (χ1) is 14.2. The molecule has 3 rings (SSSR count). The Morgan fingerprint density at radius 1 is 0.862 bits per heavy atom. The number of pyridine rings is 1. The fraction of sp³-hybridized carbons (Fsp3) is 0.250. The molecule has 0 amide bonds. The molecule has 0 saturated heterocycles. The maximum absolute atomic E-state index is 11.8. The van der Waals surface area contributed by atoms with Crippen LogP contribution in [0.15, 0.2) is 88.8 Å². The van der Waals surface area contributed by atoms with E-state index in [1.54, 1.807) is 16.7 Å². The van der Waals surface area contributed by atoms with Crippen LogP contribution in [-0.2, 0) is 19.5 Å². The lowest BCUT2D eigenvalue weighted by molar-refractivity contribution is 0.759. The molecule has 1 heterocycles. The number of benzene rings is 2. The van der Waals surface area contributed by atoms with Crippen molar-refractivity contribution >= 4 is 5.96 Å². The number of rotatable bonds is 8. The van der Waals surface area contributed by atoms with Gasteiger partial charge >= 0.3 is 0 Å². The molecule has 0 saturated carbocycles. The molecule has 1 aromatic heterocycles. The largest absolute Gasteiger partial charge is 0.357 e. The molecule has 0 spiro atoms. The molecule has 0 aliphatic heterocycles. The molecule has 29 heavy (non-hydrogen) atoms. The van der Waals surface area contributed by atoms with Gasteiger partial charge in [0.2, 0.25) is 0 Å². The zero-order valence-corrected chi connectivity index (χ0v) is 16.8. The molecular formula is C24H28N4O. The van der Waals surface area contributed by atoms with Crippen molar-refractivity contribution in [2.75, 3.05) is 13.1 Å². The number of nitrogens with one attached hydrogen (secondary N) is 2. The highest BCUT2D eigenvalue weighted by Crippen LogP contribution is 2.07. The second-order valence-electron chi connectivity index (χ2n) is 6.84. The number of hydrogen-bond donors (Lipinski definition) is 2. The number of guanidine groups is 1. The van der Waals surface area contributed by atoms with Crippen LogP contribution in [0.25, 0.3) is 0 Å². The van der Waals surface area contributed by atoms with E-state index in [-0.39, 0.29) is 5.56 Å². The summed E-state index contributed by atoms with van der Waals surface area (Å²) in [7, 11) is 0. The van der Waals surface area contributed by atoms with Crippen LogP contribution < -0.4 is 16.2 Å². The first-order valence-electron chi connectivity index (χ1n) is 10.0. The van der Waals surface area contributed by atoms with Gasteiger partial charge in [-0.3, -0.25) is 4.79 Å². The number of hydrogen-bond acceptors (Lipinski definition) is 2. The van der Waals surface area contributed by atoms with Crippen molar-refractivity contribution in [3.8, 4) is 0 Å². The Balaban J connectivity index is 1.54. The molecule has 5 nitrogen and oxygen atoms in total. The Labute approximate surface area is 172 Å². The van der Waals surface area contributed by atoms with Gasteiger partial charge in [0.1, 0.15) is 0 Å². The molecule has 0 aliphatic carbocycles. The van der Waals surface area contributed by atoms with Gasteiger partial charge in [0, 0.05) is 25.4 Å². The van der Waals surface area contributed by atoms with Crippen LogP contribution in [0, 0.1) is 0 Å². The first kappa shape index (κ1) is 20.4. The topological polar surface area (TPSA) is 58.4 Å². The van der Waals surface area contributed by atoms with E-state index < -0.39 is 0 Å². The van der Waals surface area contributed by atoms with E-state index in [0.29, 0.717) is 13.1 Å². The molecule has 2 N–H and O–H groups in total. The van der Waals surface area contributed by atoms with E-state index in [4.69, 9.17) is 0 Å². The van der Waals surface area contributed by atoms with Crippen LogP contribution in [0.4, 0.5) is 0 Å². The highest BCUT2D eigenvalue weighted by atomic mass is 16.1. The summed E-state index contributed by atoms with van der Waals surface area (Å²) in [5.41, 5.74) is 3.55. The molecule has 0 bridgehead atoms. The maximum atomic E-state index is 11.8. The van der Waals surface area contributed by atoms with Gasteiger partial charge in [-0.15, -0.1) is 0 Å². The molecule has 0 aliphatic rings. The fourth-order valence-electron chi connectivity index (χ4n) is 3.02. The van der Waals surface area contributed by atoms with E-state index in [1.807, 2.05) is 18.3 Å². The van der Waals surface area contributed by atoms with E-state index in [2.05, 4.69) is 71.1 Å². The van der Waals surface area contributed by atoms with Crippen molar-refractivity contribution in [1.82, 2.24) is 15.2 Å². The molecular weight excluding hydrogens is 360 g/mol. The Kier molecular flexibility index (Phi) is 7.63. The normalized spacial score (nSPS) is 11.3. The molecule has 5 heteroatoms. The molecule has 3 aromatic rings. The second-order valence-corrected chi connectivity index (χ2v) is 6.84. The summed E-state index contributed by atoms with van der Waals surface area (Å²) in [6.45, 7) is 4.90. The van der Waals surface area contributed by atoms with Gasteiger partial charge in [0.25, 0.3) is 5.56 Å². The second kappa shape index (κ2) is 10.9. The zero-order valence-electron chi connectivity index (χ0n) is 16.8. The Hall–Kier alpha value is -3.34. The van der Waals surface area contributed by atoms with Crippen molar-refractivity contribution in [1.29, 1.82) is 0 Å². The molecule has 0 atom stereocenters. The average molecular weight is 389 g/mol. The monoisotopic (exact) mass is 388 g/mol. The zero-order chi connectivity index (χ0) is 20.3. The summed E-state index contributed by atoms with van der Waals surface area (Å²) in [4.78, 5) is 16.5. The van der Waals surface area contributed by atoms with E-state index in [1.165, 1.54) is 5.56 Å². The standard InChI is InChI=1S/C24H28N4O/c1-2-25-24(26-16-15-20-8-4-3-5-9-20)27-18-21-11-13-22(14-12-21)19-28-17-7-6-10-23(28)29/h3-14,17H,2,15-16,18-19H2,1H3,(H2,25,26,27). The quantitative estimate of drug-likeness (QED) is 0.460. The third-order valence-corrected chi connectivity index (χ3v) is 4.59. The molecule has 150 valence electrons. The molecule has 2 aromatic carbocycles. The van der Waals surface area contributed by atoms with Crippen molar-refractivity contribution in [3.05, 3.63) is 106 Å². The van der Waals surface area contributed by atoms with E-state index in [9.17, 15) is 4.79 Å². The van der Waals surface area contributed by atoms with Gasteiger partial charge < -0.3 is 15.2 Å². The van der Waals surface area contributed by atoms with Crippen LogP contribution >= 0.6 is 0 Å². The summed E-state index contributed by atoms with van der Waals surface area (Å²) >= 11 is 0. The summed E-state index contributed by atoms with van der Waals surface area (Å²) in [5.74, 6) is 0.823. The van der Waals surface area contributed by atoms with Gasteiger partial charge in [0.05, 0.1) is 13.1 Å². The van der Waals surface area contributed by atoms with Crippen LogP contribution in [0.3, 0.4) is 0 Å². The highest BCUT2D eigenvalue weighted by Gasteiger charge is 2.00. The SMILES string of the molecule is CCNC(=NCc1ccc(Cn2ccccc2=O)cc1)NCCc1ccccc1. The minimum Gasteiger partial charge on any atom is -0.357 e. The van der Waals surface area contributed by atoms with E-state index >= 15 is 0 Å². The number of nitrogens with zero attached hydrogens (tertiary/aromatic N) is 2. The van der Waals surface area contributed by atoms with Gasteiger partial charge in [0.15, 0.2) is 5.96 Å². The first-order valence-corrected chi connectivity index (χ1v) is 10.0. The van der Waals surface area contributed by atoms with Crippen molar-refractivity contribution in [3.63, 3.8) is 0 Å². The van der Waals surface area contributed by atoms with Crippen LogP contribution in [0.2, 0.25) is 0 Å². The van der Waals surface area contributed by atoms with Crippen LogP contribution in [0.1, 0.15) is 23.6 Å². The van der Waals surface area contributed by atoms with Gasteiger partial charge in [-0.05, 0) is 36.1 Å². The summed E-state index contributed by atoms with van der Waals surface area (Å²) in [6.07, 6.45) is 2.77. The summed E-state index contributed by atoms with van der Waals surface area (Å²) in [6, 6.07) is 23.9. The maximum Gasteiger partial charge on any atom is 0.250 e. The molecule has 0 unspecified atom stereocenters. The molecule has 0 radical (unpaired) electrons. The van der Waals surface area contributed by atoms with Crippen LogP contribution in [-0.4, -0.2) is 23.6 Å². The fourth-order valence-corrected chi connectivity index (χ4v) is 3.02. The Bertz CT molecular complexity index is 962.